The van der Waals surface area contributed by atoms with Crippen LogP contribution in [-0.2, 0) is 9.59 Å². The Morgan fingerprint density at radius 1 is 1.05 bits per heavy atom. The van der Waals surface area contributed by atoms with Gasteiger partial charge in [-0.3, -0.25) is 4.79 Å². The molecule has 2 aliphatic carbocycles. The molecule has 20 heavy (non-hydrogen) atoms. The molecule has 1 amide bonds. The molecule has 0 bridgehead atoms. The van der Waals surface area contributed by atoms with Gasteiger partial charge in [-0.1, -0.05) is 46.0 Å². The van der Waals surface area contributed by atoms with Crippen LogP contribution in [0.3, 0.4) is 0 Å². The van der Waals surface area contributed by atoms with Crippen LogP contribution in [0.15, 0.2) is 0 Å². The van der Waals surface area contributed by atoms with E-state index < -0.39 is 12.0 Å². The third kappa shape index (κ3) is 3.33. The fourth-order valence-electron chi connectivity index (χ4n) is 4.04. The summed E-state index contributed by atoms with van der Waals surface area (Å²) in [5.74, 6) is 0.179. The molecule has 2 saturated carbocycles. The lowest BCUT2D eigenvalue weighted by Crippen LogP contribution is -2.49. The zero-order chi connectivity index (χ0) is 14.7. The first-order chi connectivity index (χ1) is 9.50. The summed E-state index contributed by atoms with van der Waals surface area (Å²) in [7, 11) is 0. The van der Waals surface area contributed by atoms with E-state index in [9.17, 15) is 14.7 Å². The highest BCUT2D eigenvalue weighted by atomic mass is 16.4. The van der Waals surface area contributed by atoms with Crippen molar-refractivity contribution in [1.29, 1.82) is 0 Å². The van der Waals surface area contributed by atoms with Crippen molar-refractivity contribution in [3.63, 3.8) is 0 Å². The number of hydrogen-bond donors (Lipinski definition) is 2. The molecular weight excluding hydrogens is 254 g/mol. The van der Waals surface area contributed by atoms with Crippen LogP contribution in [0.2, 0.25) is 0 Å². The predicted octanol–water partition coefficient (Wildman–Crippen LogP) is 2.82. The fraction of sp³-hybridized carbons (Fsp3) is 0.875. The molecule has 3 unspecified atom stereocenters. The Bertz CT molecular complexity index is 365. The van der Waals surface area contributed by atoms with Crippen molar-refractivity contribution >= 4 is 11.9 Å². The molecule has 0 aliphatic heterocycles. The quantitative estimate of drug-likeness (QED) is 0.832. The van der Waals surface area contributed by atoms with Crippen molar-refractivity contribution in [1.82, 2.24) is 5.32 Å². The van der Waals surface area contributed by atoms with Crippen molar-refractivity contribution in [3.8, 4) is 0 Å². The number of carboxylic acids is 1. The highest BCUT2D eigenvalue weighted by Crippen LogP contribution is 2.43. The second-order valence-electron chi connectivity index (χ2n) is 6.81. The second kappa shape index (κ2) is 6.59. The van der Waals surface area contributed by atoms with E-state index in [0.717, 1.165) is 19.3 Å². The molecule has 4 heteroatoms. The number of carbonyl (C=O) groups excluding carboxylic acids is 1. The maximum atomic E-state index is 12.5. The summed E-state index contributed by atoms with van der Waals surface area (Å²) in [6.45, 7) is 3.67. The van der Waals surface area contributed by atoms with Gasteiger partial charge in [0, 0.05) is 5.92 Å². The van der Waals surface area contributed by atoms with E-state index in [1.54, 1.807) is 0 Å². The molecule has 0 saturated heterocycles. The molecule has 114 valence electrons. The Balaban J connectivity index is 2.01. The number of fused-ring (bicyclic) bond motifs is 1. The van der Waals surface area contributed by atoms with Crippen molar-refractivity contribution in [2.75, 3.05) is 0 Å². The van der Waals surface area contributed by atoms with Crippen molar-refractivity contribution in [2.45, 2.75) is 64.8 Å². The molecule has 0 aromatic carbocycles. The lowest BCUT2D eigenvalue weighted by molar-refractivity contribution is -0.144. The van der Waals surface area contributed by atoms with Crippen LogP contribution in [0.5, 0.6) is 0 Å². The summed E-state index contributed by atoms with van der Waals surface area (Å²) in [6.07, 6.45) is 8.19. The maximum absolute atomic E-state index is 12.5. The summed E-state index contributed by atoms with van der Waals surface area (Å²) >= 11 is 0. The molecule has 0 heterocycles. The molecule has 0 spiro atoms. The van der Waals surface area contributed by atoms with Gasteiger partial charge in [0.2, 0.25) is 5.91 Å². The van der Waals surface area contributed by atoms with Crippen molar-refractivity contribution in [3.05, 3.63) is 0 Å². The SMILES string of the molecule is CC(C)[C@H](NC(=O)C1CCCC2CCCCC21)C(=O)O. The van der Waals surface area contributed by atoms with Crippen LogP contribution in [0.1, 0.15) is 58.8 Å². The Labute approximate surface area is 121 Å². The van der Waals surface area contributed by atoms with E-state index in [4.69, 9.17) is 0 Å². The maximum Gasteiger partial charge on any atom is 0.326 e. The van der Waals surface area contributed by atoms with E-state index in [1.165, 1.54) is 25.7 Å². The lowest BCUT2D eigenvalue weighted by Gasteiger charge is -2.41. The number of aliphatic carboxylic acids is 1. The van der Waals surface area contributed by atoms with Gasteiger partial charge in [0.1, 0.15) is 6.04 Å². The van der Waals surface area contributed by atoms with Crippen LogP contribution in [0, 0.1) is 23.7 Å². The summed E-state index contributed by atoms with van der Waals surface area (Å²) in [5.41, 5.74) is 0. The number of rotatable bonds is 4. The van der Waals surface area contributed by atoms with Gasteiger partial charge in [0.25, 0.3) is 0 Å². The zero-order valence-electron chi connectivity index (χ0n) is 12.6. The lowest BCUT2D eigenvalue weighted by atomic mass is 9.65. The highest BCUT2D eigenvalue weighted by molar-refractivity contribution is 5.85. The van der Waals surface area contributed by atoms with E-state index >= 15 is 0 Å². The summed E-state index contributed by atoms with van der Waals surface area (Å²) in [4.78, 5) is 23.7. The number of carbonyl (C=O) groups is 2. The van der Waals surface area contributed by atoms with Crippen molar-refractivity contribution < 1.29 is 14.7 Å². The minimum atomic E-state index is -0.927. The molecule has 0 aromatic heterocycles. The van der Waals surface area contributed by atoms with Crippen molar-refractivity contribution in [2.24, 2.45) is 23.7 Å². The molecule has 2 N–H and O–H groups in total. The first kappa shape index (κ1) is 15.3. The topological polar surface area (TPSA) is 66.4 Å². The standard InChI is InChI=1S/C16H27NO3/c1-10(2)14(16(19)20)17-15(18)13-9-5-7-11-6-3-4-8-12(11)13/h10-14H,3-9H2,1-2H3,(H,17,18)(H,19,20)/t11?,12?,13?,14-/m0/s1. The van der Waals surface area contributed by atoms with Gasteiger partial charge in [0.05, 0.1) is 0 Å². The Kier molecular flexibility index (Phi) is 5.06. The normalized spacial score (nSPS) is 31.4. The van der Waals surface area contributed by atoms with E-state index in [1.807, 2.05) is 13.8 Å². The van der Waals surface area contributed by atoms with E-state index in [2.05, 4.69) is 5.32 Å². The highest BCUT2D eigenvalue weighted by Gasteiger charge is 2.39. The third-order valence-electron chi connectivity index (χ3n) is 5.14. The third-order valence-corrected chi connectivity index (χ3v) is 5.14. The van der Waals surface area contributed by atoms with Crippen LogP contribution >= 0.6 is 0 Å². The minimum absolute atomic E-state index is 0.0253. The summed E-state index contributed by atoms with van der Waals surface area (Å²) in [5, 5.41) is 12.0. The second-order valence-corrected chi connectivity index (χ2v) is 6.81. The number of carboxylic acid groups (broad SMARTS) is 1. The summed E-state index contributed by atoms with van der Waals surface area (Å²) in [6, 6.07) is -0.758. The van der Waals surface area contributed by atoms with Crippen LogP contribution in [0.25, 0.3) is 0 Å². The number of amides is 1. The molecule has 2 fully saturated rings. The molecule has 2 rings (SSSR count). The molecule has 0 radical (unpaired) electrons. The van der Waals surface area contributed by atoms with Crippen LogP contribution < -0.4 is 5.32 Å². The molecule has 2 aliphatic rings. The molecule has 4 atom stereocenters. The van der Waals surface area contributed by atoms with Gasteiger partial charge in [-0.2, -0.15) is 0 Å². The average molecular weight is 281 g/mol. The number of nitrogens with one attached hydrogen (secondary N) is 1. The Morgan fingerprint density at radius 3 is 2.35 bits per heavy atom. The van der Waals surface area contributed by atoms with E-state index in [-0.39, 0.29) is 17.7 Å². The molecule has 4 nitrogen and oxygen atoms in total. The van der Waals surface area contributed by atoms with Gasteiger partial charge in [-0.05, 0) is 30.6 Å². The Morgan fingerprint density at radius 2 is 1.70 bits per heavy atom. The average Bonchev–Trinajstić information content (AvgIpc) is 2.43. The minimum Gasteiger partial charge on any atom is -0.480 e. The van der Waals surface area contributed by atoms with E-state index in [0.29, 0.717) is 11.8 Å². The van der Waals surface area contributed by atoms with Crippen LogP contribution in [-0.4, -0.2) is 23.0 Å². The van der Waals surface area contributed by atoms with Gasteiger partial charge in [0.15, 0.2) is 0 Å². The van der Waals surface area contributed by atoms with Gasteiger partial charge in [-0.15, -0.1) is 0 Å². The first-order valence-electron chi connectivity index (χ1n) is 8.04. The Hall–Kier alpha value is -1.06. The number of hydrogen-bond acceptors (Lipinski definition) is 2. The monoisotopic (exact) mass is 281 g/mol. The molecular formula is C16H27NO3. The zero-order valence-corrected chi connectivity index (χ0v) is 12.6. The van der Waals surface area contributed by atoms with Gasteiger partial charge < -0.3 is 10.4 Å². The first-order valence-corrected chi connectivity index (χ1v) is 8.04. The molecule has 0 aromatic rings. The van der Waals surface area contributed by atoms with Gasteiger partial charge in [-0.25, -0.2) is 4.79 Å². The fourth-order valence-corrected chi connectivity index (χ4v) is 4.04. The smallest absolute Gasteiger partial charge is 0.326 e. The van der Waals surface area contributed by atoms with Gasteiger partial charge >= 0.3 is 5.97 Å². The largest absolute Gasteiger partial charge is 0.480 e. The predicted molar refractivity (Wildman–Crippen MR) is 77.2 cm³/mol. The summed E-state index contributed by atoms with van der Waals surface area (Å²) < 4.78 is 0. The van der Waals surface area contributed by atoms with Crippen LogP contribution in [0.4, 0.5) is 0 Å².